The molecule has 0 bridgehead atoms. The molecule has 3 aromatic rings. The van der Waals surface area contributed by atoms with Gasteiger partial charge in [-0.2, -0.15) is 0 Å². The Labute approximate surface area is 278 Å². The molecule has 3 aliphatic rings. The number of esters is 1. The summed E-state index contributed by atoms with van der Waals surface area (Å²) in [5, 5.41) is 8.85. The summed E-state index contributed by atoms with van der Waals surface area (Å²) < 4.78 is 11.2. The quantitative estimate of drug-likeness (QED) is 0.245. The number of hydrazone groups is 1. The van der Waals surface area contributed by atoms with Crippen molar-refractivity contribution < 1.29 is 23.9 Å². The molecule has 2 aliphatic carbocycles. The first-order valence-corrected chi connectivity index (χ1v) is 16.8. The first kappa shape index (κ1) is 33.9. The van der Waals surface area contributed by atoms with Gasteiger partial charge in [-0.1, -0.05) is 86.7 Å². The second kappa shape index (κ2) is 15.0. The second-order valence-electron chi connectivity index (χ2n) is 13.9. The Morgan fingerprint density at radius 3 is 2.15 bits per heavy atom. The maximum absolute atomic E-state index is 13.0. The molecule has 0 saturated heterocycles. The molecule has 248 valence electrons. The highest BCUT2D eigenvalue weighted by molar-refractivity contribution is 5.98. The van der Waals surface area contributed by atoms with Crippen molar-refractivity contribution >= 4 is 29.4 Å². The first-order chi connectivity index (χ1) is 22.5. The predicted octanol–water partition coefficient (Wildman–Crippen LogP) is 7.51. The van der Waals surface area contributed by atoms with Crippen LogP contribution < -0.4 is 5.32 Å². The molecule has 2 saturated carbocycles. The van der Waals surface area contributed by atoms with Gasteiger partial charge in [-0.25, -0.2) is 5.01 Å². The Bertz CT molecular complexity index is 1580. The van der Waals surface area contributed by atoms with E-state index in [0.29, 0.717) is 18.9 Å². The fourth-order valence-electron chi connectivity index (χ4n) is 5.81. The molecule has 0 atom stereocenters. The third-order valence-electron chi connectivity index (χ3n) is 8.76. The zero-order valence-electron chi connectivity index (χ0n) is 28.1. The van der Waals surface area contributed by atoms with Crippen LogP contribution in [0.5, 0.6) is 0 Å². The minimum Gasteiger partial charge on any atom is -0.466 e. The number of rotatable bonds is 9. The number of benzene rings is 3. The highest BCUT2D eigenvalue weighted by Crippen LogP contribution is 2.50. The lowest BCUT2D eigenvalue weighted by atomic mass is 9.92. The number of ether oxygens (including phenoxy) is 2. The summed E-state index contributed by atoms with van der Waals surface area (Å²) in [4.78, 5) is 38.2. The van der Waals surface area contributed by atoms with Gasteiger partial charge in [-0.3, -0.25) is 14.4 Å². The number of carbonyl (C=O) groups excluding carboxylic acids is 3. The van der Waals surface area contributed by atoms with Crippen molar-refractivity contribution in [1.29, 1.82) is 0 Å². The topological polar surface area (TPSA) is 97.3 Å². The van der Waals surface area contributed by atoms with E-state index in [9.17, 15) is 14.4 Å². The average Bonchev–Trinajstić information content (AvgIpc) is 3.56. The Kier molecular flexibility index (Phi) is 10.8. The van der Waals surface area contributed by atoms with Crippen molar-refractivity contribution in [3.05, 3.63) is 101 Å². The van der Waals surface area contributed by atoms with Crippen molar-refractivity contribution in [2.24, 2.45) is 10.5 Å². The van der Waals surface area contributed by atoms with E-state index in [1.54, 1.807) is 0 Å². The molecule has 2 amide bonds. The van der Waals surface area contributed by atoms with Crippen molar-refractivity contribution in [1.82, 2.24) is 5.01 Å². The van der Waals surface area contributed by atoms with Crippen LogP contribution in [-0.4, -0.2) is 40.9 Å². The monoisotopic (exact) mass is 637 g/mol. The molecular weight excluding hydrogens is 590 g/mol. The van der Waals surface area contributed by atoms with E-state index < -0.39 is 11.0 Å². The molecule has 3 aromatic carbocycles. The fraction of sp³-hybridized carbons (Fsp3) is 0.436. The lowest BCUT2D eigenvalue weighted by Gasteiger charge is -2.24. The van der Waals surface area contributed by atoms with Crippen LogP contribution in [0.2, 0.25) is 0 Å². The van der Waals surface area contributed by atoms with Crippen molar-refractivity contribution in [3.63, 3.8) is 0 Å². The van der Waals surface area contributed by atoms with Crippen molar-refractivity contribution in [2.45, 2.75) is 97.6 Å². The summed E-state index contributed by atoms with van der Waals surface area (Å²) in [5.41, 5.74) is 4.32. The van der Waals surface area contributed by atoms with Gasteiger partial charge in [0.05, 0.1) is 18.4 Å². The fourth-order valence-corrected chi connectivity index (χ4v) is 5.81. The van der Waals surface area contributed by atoms with Gasteiger partial charge in [0.1, 0.15) is 5.60 Å². The highest BCUT2D eigenvalue weighted by atomic mass is 16.6. The maximum Gasteiger partial charge on any atom is 0.312 e. The lowest BCUT2D eigenvalue weighted by molar-refractivity contribution is -0.161. The van der Waals surface area contributed by atoms with E-state index >= 15 is 0 Å². The average molecular weight is 638 g/mol. The molecule has 1 heterocycles. The van der Waals surface area contributed by atoms with Crippen LogP contribution in [0.15, 0.2) is 77.9 Å². The first-order valence-electron chi connectivity index (χ1n) is 16.8. The van der Waals surface area contributed by atoms with Crippen LogP contribution in [0.25, 0.3) is 0 Å². The Morgan fingerprint density at radius 1 is 0.894 bits per heavy atom. The molecule has 0 aromatic heterocycles. The molecule has 47 heavy (non-hydrogen) atoms. The maximum atomic E-state index is 13.0. The van der Waals surface area contributed by atoms with Gasteiger partial charge in [-0.15, -0.1) is 5.10 Å². The Hall–Kier alpha value is -4.46. The van der Waals surface area contributed by atoms with Gasteiger partial charge in [-0.05, 0) is 87.4 Å². The number of hydrogen-bond acceptors (Lipinski definition) is 6. The van der Waals surface area contributed by atoms with Gasteiger partial charge in [0, 0.05) is 11.3 Å². The molecule has 1 aliphatic heterocycles. The molecular formula is C39H47N3O5. The van der Waals surface area contributed by atoms with Gasteiger partial charge in [0.2, 0.25) is 11.8 Å². The number of hydrogen-bond donors (Lipinski definition) is 1. The van der Waals surface area contributed by atoms with Crippen molar-refractivity contribution in [2.75, 3.05) is 11.9 Å². The summed E-state index contributed by atoms with van der Waals surface area (Å²) >= 11 is 0. The molecule has 8 nitrogen and oxygen atoms in total. The number of anilines is 1. The zero-order valence-corrected chi connectivity index (χ0v) is 28.1. The summed E-state index contributed by atoms with van der Waals surface area (Å²) in [6.45, 7) is 7.88. The molecule has 0 unspecified atom stereocenters. The van der Waals surface area contributed by atoms with E-state index in [4.69, 9.17) is 9.47 Å². The number of carbonyl (C=O) groups is 3. The SMILES string of the molecule is C1CCCC1.Cc1c(CC2(C(=O)OC(C)(C)C)CC2)cccc1NC(=O)Cc1ccc(CN2N=C(c3ccccc3)OCC2=O)cc1. The van der Waals surface area contributed by atoms with Crippen LogP contribution in [0.3, 0.4) is 0 Å². The van der Waals surface area contributed by atoms with E-state index in [1.165, 1.54) is 37.1 Å². The van der Waals surface area contributed by atoms with E-state index in [1.807, 2.05) is 100 Å². The van der Waals surface area contributed by atoms with Crippen molar-refractivity contribution in [3.8, 4) is 0 Å². The molecule has 1 N–H and O–H groups in total. The van der Waals surface area contributed by atoms with E-state index in [-0.39, 0.29) is 30.8 Å². The summed E-state index contributed by atoms with van der Waals surface area (Å²) in [6.07, 6.45) is 9.93. The molecule has 8 heteroatoms. The Balaban J connectivity index is 0.000000792. The van der Waals surface area contributed by atoms with Gasteiger partial charge in [0.25, 0.3) is 5.91 Å². The summed E-state index contributed by atoms with van der Waals surface area (Å²) in [5.74, 6) is -0.0696. The van der Waals surface area contributed by atoms with Crippen LogP contribution >= 0.6 is 0 Å². The second-order valence-corrected chi connectivity index (χ2v) is 13.9. The summed E-state index contributed by atoms with van der Waals surface area (Å²) in [7, 11) is 0. The number of amides is 2. The third kappa shape index (κ3) is 9.53. The van der Waals surface area contributed by atoms with E-state index in [2.05, 4.69) is 10.4 Å². The highest BCUT2D eigenvalue weighted by Gasteiger charge is 2.52. The molecule has 6 rings (SSSR count). The van der Waals surface area contributed by atoms with Gasteiger partial charge < -0.3 is 14.8 Å². The largest absolute Gasteiger partial charge is 0.466 e. The standard InChI is InChI=1S/C34H37N3O5.C5H10/c1-23-27(20-34(17-18-34)32(40)42-33(2,3)4)11-8-12-28(23)35-29(38)19-24-13-15-25(16-14-24)21-37-30(39)22-41-31(36-37)26-9-6-5-7-10-26;1-2-4-5-3-1/h5-16H,17-22H2,1-4H3,(H,35,38);1-5H2. The normalized spacial score (nSPS) is 16.7. The van der Waals surface area contributed by atoms with Gasteiger partial charge in [0.15, 0.2) is 6.61 Å². The zero-order chi connectivity index (χ0) is 33.4. The molecule has 0 radical (unpaired) electrons. The number of nitrogens with one attached hydrogen (secondary N) is 1. The minimum atomic E-state index is -0.518. The van der Waals surface area contributed by atoms with E-state index in [0.717, 1.165) is 46.3 Å². The third-order valence-corrected chi connectivity index (χ3v) is 8.76. The predicted molar refractivity (Wildman–Crippen MR) is 184 cm³/mol. The smallest absolute Gasteiger partial charge is 0.312 e. The number of nitrogens with zero attached hydrogens (tertiary/aromatic N) is 2. The van der Waals surface area contributed by atoms with Gasteiger partial charge >= 0.3 is 5.97 Å². The van der Waals surface area contributed by atoms with Crippen LogP contribution in [0, 0.1) is 12.3 Å². The molecule has 0 spiro atoms. The van der Waals surface area contributed by atoms with Crippen LogP contribution in [-0.2, 0) is 43.2 Å². The molecule has 2 fully saturated rings. The van der Waals surface area contributed by atoms with Crippen LogP contribution in [0.4, 0.5) is 5.69 Å². The Morgan fingerprint density at radius 2 is 1.53 bits per heavy atom. The summed E-state index contributed by atoms with van der Waals surface area (Å²) in [6, 6.07) is 22.9. The minimum absolute atomic E-state index is 0.0609. The van der Waals surface area contributed by atoms with Crippen LogP contribution in [0.1, 0.15) is 93.5 Å². The lowest BCUT2D eigenvalue weighted by Crippen LogP contribution is -2.36.